The van der Waals surface area contributed by atoms with E-state index >= 15 is 0 Å². The van der Waals surface area contributed by atoms with Crippen LogP contribution in [0.4, 0.5) is 5.69 Å². The zero-order valence-corrected chi connectivity index (χ0v) is 13.3. The van der Waals surface area contributed by atoms with Gasteiger partial charge in [0.2, 0.25) is 0 Å². The molecule has 1 atom stereocenters. The van der Waals surface area contributed by atoms with Crippen LogP contribution in [-0.4, -0.2) is 19.1 Å². The van der Waals surface area contributed by atoms with Crippen molar-refractivity contribution in [3.63, 3.8) is 0 Å². The first kappa shape index (κ1) is 15.8. The summed E-state index contributed by atoms with van der Waals surface area (Å²) in [6.07, 6.45) is 2.97. The van der Waals surface area contributed by atoms with E-state index in [4.69, 9.17) is 10.5 Å². The van der Waals surface area contributed by atoms with Gasteiger partial charge in [-0.3, -0.25) is 4.79 Å². The minimum absolute atomic E-state index is 0.0178. The molecule has 0 radical (unpaired) electrons. The number of ether oxygens (including phenoxy) is 1. The van der Waals surface area contributed by atoms with Crippen molar-refractivity contribution in [2.24, 2.45) is 11.7 Å². The van der Waals surface area contributed by atoms with Gasteiger partial charge in [0.05, 0.1) is 5.69 Å². The number of fused-ring (bicyclic) bond motifs is 1. The van der Waals surface area contributed by atoms with E-state index in [1.807, 2.05) is 23.1 Å². The maximum atomic E-state index is 12.1. The average Bonchev–Trinajstić information content (AvgIpc) is 2.45. The highest BCUT2D eigenvalue weighted by Gasteiger charge is 2.26. The zero-order chi connectivity index (χ0) is 15.4. The molecule has 1 aliphatic heterocycles. The van der Waals surface area contributed by atoms with Gasteiger partial charge < -0.3 is 15.4 Å². The van der Waals surface area contributed by atoms with E-state index in [2.05, 4.69) is 20.8 Å². The molecule has 0 aromatic heterocycles. The number of benzene rings is 1. The summed E-state index contributed by atoms with van der Waals surface area (Å²) in [7, 11) is 0. The monoisotopic (exact) mass is 290 g/mol. The van der Waals surface area contributed by atoms with Crippen molar-refractivity contribution in [2.75, 3.05) is 18.1 Å². The second-order valence-electron chi connectivity index (χ2n) is 6.14. The van der Waals surface area contributed by atoms with Crippen LogP contribution in [0.3, 0.4) is 0 Å². The van der Waals surface area contributed by atoms with Gasteiger partial charge in [-0.1, -0.05) is 33.3 Å². The molecular formula is C17H26N2O2. The van der Waals surface area contributed by atoms with Gasteiger partial charge in [0, 0.05) is 12.6 Å². The number of amides is 1. The van der Waals surface area contributed by atoms with Crippen molar-refractivity contribution < 1.29 is 9.53 Å². The van der Waals surface area contributed by atoms with Crippen LogP contribution in [0.2, 0.25) is 0 Å². The number of carbonyl (C=O) groups is 1. The lowest BCUT2D eigenvalue weighted by molar-refractivity contribution is -0.121. The quantitative estimate of drug-likeness (QED) is 0.875. The highest BCUT2D eigenvalue weighted by molar-refractivity contribution is 5.97. The predicted octanol–water partition coefficient (Wildman–Crippen LogP) is 3.26. The predicted molar refractivity (Wildman–Crippen MR) is 85.6 cm³/mol. The molecule has 0 bridgehead atoms. The molecule has 4 nitrogen and oxygen atoms in total. The molecule has 21 heavy (non-hydrogen) atoms. The van der Waals surface area contributed by atoms with E-state index < -0.39 is 0 Å². The molecular weight excluding hydrogens is 264 g/mol. The van der Waals surface area contributed by atoms with Gasteiger partial charge in [-0.15, -0.1) is 0 Å². The van der Waals surface area contributed by atoms with Gasteiger partial charge in [0.25, 0.3) is 5.91 Å². The van der Waals surface area contributed by atoms with E-state index in [0.29, 0.717) is 5.92 Å². The first-order valence-electron chi connectivity index (χ1n) is 7.85. The summed E-state index contributed by atoms with van der Waals surface area (Å²) in [5, 5.41) is 0. The van der Waals surface area contributed by atoms with Crippen molar-refractivity contribution in [3.05, 3.63) is 23.8 Å². The van der Waals surface area contributed by atoms with Crippen molar-refractivity contribution in [3.8, 4) is 5.75 Å². The first-order valence-corrected chi connectivity index (χ1v) is 7.85. The molecule has 2 rings (SSSR count). The second kappa shape index (κ2) is 6.94. The van der Waals surface area contributed by atoms with Gasteiger partial charge >= 0.3 is 0 Å². The Morgan fingerprint density at radius 1 is 1.33 bits per heavy atom. The molecule has 1 amide bonds. The molecule has 0 saturated carbocycles. The normalized spacial score (nSPS) is 15.9. The van der Waals surface area contributed by atoms with E-state index in [1.165, 1.54) is 0 Å². The highest BCUT2D eigenvalue weighted by atomic mass is 16.5. The van der Waals surface area contributed by atoms with Crippen LogP contribution in [0.15, 0.2) is 18.2 Å². The number of nitrogens with zero attached hydrogens (tertiary/aromatic N) is 1. The smallest absolute Gasteiger partial charge is 0.265 e. The molecule has 0 spiro atoms. The minimum atomic E-state index is 0.0178. The Morgan fingerprint density at radius 2 is 2.10 bits per heavy atom. The Kier molecular flexibility index (Phi) is 5.23. The van der Waals surface area contributed by atoms with Crippen LogP contribution in [0.5, 0.6) is 5.75 Å². The summed E-state index contributed by atoms with van der Waals surface area (Å²) in [5.74, 6) is 1.38. The Bertz CT molecular complexity index is 500. The number of hydrogen-bond donors (Lipinski definition) is 1. The summed E-state index contributed by atoms with van der Waals surface area (Å²) >= 11 is 0. The summed E-state index contributed by atoms with van der Waals surface area (Å²) in [6.45, 7) is 7.32. The summed E-state index contributed by atoms with van der Waals surface area (Å²) in [4.78, 5) is 14.0. The minimum Gasteiger partial charge on any atom is -0.482 e. The Hall–Kier alpha value is -1.55. The van der Waals surface area contributed by atoms with Crippen molar-refractivity contribution in [1.29, 1.82) is 0 Å². The lowest BCUT2D eigenvalue weighted by Crippen LogP contribution is -2.39. The first-order chi connectivity index (χ1) is 10.0. The largest absolute Gasteiger partial charge is 0.482 e. The fraction of sp³-hybridized carbons (Fsp3) is 0.588. The van der Waals surface area contributed by atoms with Crippen LogP contribution >= 0.6 is 0 Å². The van der Waals surface area contributed by atoms with Crippen LogP contribution in [0.25, 0.3) is 0 Å². The van der Waals surface area contributed by atoms with Gasteiger partial charge in [0.1, 0.15) is 5.75 Å². The van der Waals surface area contributed by atoms with Crippen molar-refractivity contribution in [1.82, 2.24) is 0 Å². The van der Waals surface area contributed by atoms with Gasteiger partial charge in [-0.2, -0.15) is 0 Å². The standard InChI is InChI=1S/C17H26N2O2/c1-4-5-14(18)13-6-7-16-15(10-13)19(9-8-12(2)3)17(20)11-21-16/h6-7,10,12,14H,4-5,8-9,11,18H2,1-3H3. The van der Waals surface area contributed by atoms with Gasteiger partial charge in [-0.05, 0) is 36.5 Å². The number of nitrogens with two attached hydrogens (primary N) is 1. The fourth-order valence-electron chi connectivity index (χ4n) is 2.56. The average molecular weight is 290 g/mol. The summed E-state index contributed by atoms with van der Waals surface area (Å²) < 4.78 is 5.54. The zero-order valence-electron chi connectivity index (χ0n) is 13.3. The molecule has 1 aromatic rings. The molecule has 4 heteroatoms. The summed E-state index contributed by atoms with van der Waals surface area (Å²) in [5.41, 5.74) is 8.14. The molecule has 0 fully saturated rings. The van der Waals surface area contributed by atoms with E-state index in [-0.39, 0.29) is 18.6 Å². The van der Waals surface area contributed by atoms with E-state index in [0.717, 1.165) is 42.8 Å². The highest BCUT2D eigenvalue weighted by Crippen LogP contribution is 2.35. The number of carbonyl (C=O) groups excluding carboxylic acids is 1. The Labute approximate surface area is 127 Å². The SMILES string of the molecule is CCCC(N)c1ccc2c(c1)N(CCC(C)C)C(=O)CO2. The Morgan fingerprint density at radius 3 is 2.76 bits per heavy atom. The van der Waals surface area contributed by atoms with Crippen molar-refractivity contribution in [2.45, 2.75) is 46.1 Å². The number of hydrogen-bond acceptors (Lipinski definition) is 3. The molecule has 0 aliphatic carbocycles. The molecule has 1 aliphatic rings. The third-order valence-electron chi connectivity index (χ3n) is 3.88. The van der Waals surface area contributed by atoms with Crippen molar-refractivity contribution >= 4 is 11.6 Å². The maximum Gasteiger partial charge on any atom is 0.265 e. The summed E-state index contributed by atoms with van der Waals surface area (Å²) in [6, 6.07) is 5.99. The van der Waals surface area contributed by atoms with Gasteiger partial charge in [-0.25, -0.2) is 0 Å². The Balaban J connectivity index is 2.26. The lowest BCUT2D eigenvalue weighted by atomic mass is 10.0. The van der Waals surface area contributed by atoms with E-state index in [9.17, 15) is 4.79 Å². The van der Waals surface area contributed by atoms with Crippen LogP contribution in [0.1, 0.15) is 51.6 Å². The third-order valence-corrected chi connectivity index (χ3v) is 3.88. The van der Waals surface area contributed by atoms with Crippen LogP contribution in [0, 0.1) is 5.92 Å². The molecule has 1 heterocycles. The lowest BCUT2D eigenvalue weighted by Gasteiger charge is -2.30. The van der Waals surface area contributed by atoms with E-state index in [1.54, 1.807) is 0 Å². The van der Waals surface area contributed by atoms with Crippen LogP contribution < -0.4 is 15.4 Å². The second-order valence-corrected chi connectivity index (χ2v) is 6.14. The maximum absolute atomic E-state index is 12.1. The topological polar surface area (TPSA) is 55.6 Å². The fourth-order valence-corrected chi connectivity index (χ4v) is 2.56. The van der Waals surface area contributed by atoms with Gasteiger partial charge in [0.15, 0.2) is 6.61 Å². The third kappa shape index (κ3) is 3.76. The molecule has 116 valence electrons. The number of rotatable bonds is 6. The van der Waals surface area contributed by atoms with Crippen LogP contribution in [-0.2, 0) is 4.79 Å². The molecule has 0 saturated heterocycles. The molecule has 2 N–H and O–H groups in total. The molecule has 1 unspecified atom stereocenters. The molecule has 1 aromatic carbocycles. The number of anilines is 1.